The molecule has 0 saturated heterocycles. The number of nitrogens with zero attached hydrogens (tertiary/aromatic N) is 1. The highest BCUT2D eigenvalue weighted by atomic mass is 16.1. The number of H-pyrrole nitrogens is 1. The molecule has 2 N–H and O–H groups in total. The molecular weight excluding hydrogens is 382 g/mol. The molecule has 4 aromatic carbocycles. The van der Waals surface area contributed by atoms with Gasteiger partial charge in [-0.05, 0) is 34.9 Å². The number of nitrogens with one attached hydrogen (secondary N) is 2. The molecule has 4 heteroatoms. The quantitative estimate of drug-likeness (QED) is 0.392. The number of benzene rings is 4. The van der Waals surface area contributed by atoms with E-state index >= 15 is 0 Å². The minimum absolute atomic E-state index is 0.153. The van der Waals surface area contributed by atoms with Crippen LogP contribution in [0.1, 0.15) is 27.0 Å². The van der Waals surface area contributed by atoms with Gasteiger partial charge in [0.2, 0.25) is 0 Å². The van der Waals surface area contributed by atoms with Crippen LogP contribution in [0.15, 0.2) is 115 Å². The van der Waals surface area contributed by atoms with E-state index < -0.39 is 5.54 Å². The standard InChI is InChI=1S/C27H21N3O/c31-26(20-16-17-25-21(18-20)19-28-30-25)29-27(22-10-4-1-5-11-22,23-12-6-2-7-13-23)24-14-8-3-9-15-24/h1-19H,(H,28,30)(H,29,31). The van der Waals surface area contributed by atoms with E-state index in [0.29, 0.717) is 5.56 Å². The summed E-state index contributed by atoms with van der Waals surface area (Å²) in [4.78, 5) is 13.6. The Bertz CT molecular complexity index is 1220. The molecule has 150 valence electrons. The van der Waals surface area contributed by atoms with Crippen LogP contribution < -0.4 is 5.32 Å². The van der Waals surface area contributed by atoms with Crippen LogP contribution in [-0.4, -0.2) is 16.1 Å². The zero-order chi connectivity index (χ0) is 21.1. The lowest BCUT2D eigenvalue weighted by Gasteiger charge is -2.37. The van der Waals surface area contributed by atoms with Crippen molar-refractivity contribution in [3.8, 4) is 0 Å². The second kappa shape index (κ2) is 7.92. The highest BCUT2D eigenvalue weighted by Gasteiger charge is 2.38. The topological polar surface area (TPSA) is 57.8 Å². The molecule has 5 rings (SSSR count). The minimum atomic E-state index is -0.841. The summed E-state index contributed by atoms with van der Waals surface area (Å²) in [6.45, 7) is 0. The molecule has 31 heavy (non-hydrogen) atoms. The van der Waals surface area contributed by atoms with E-state index in [4.69, 9.17) is 0 Å². The number of carbonyl (C=O) groups excluding carboxylic acids is 1. The average Bonchev–Trinajstić information content (AvgIpc) is 3.32. The first kappa shape index (κ1) is 18.8. The smallest absolute Gasteiger partial charge is 0.252 e. The Morgan fingerprint density at radius 2 is 1.23 bits per heavy atom. The van der Waals surface area contributed by atoms with Crippen molar-refractivity contribution in [3.63, 3.8) is 0 Å². The van der Waals surface area contributed by atoms with E-state index in [9.17, 15) is 4.79 Å². The molecule has 0 aliphatic rings. The van der Waals surface area contributed by atoms with Crippen LogP contribution in [0.2, 0.25) is 0 Å². The Hall–Kier alpha value is -4.18. The monoisotopic (exact) mass is 403 g/mol. The fourth-order valence-corrected chi connectivity index (χ4v) is 4.11. The molecule has 0 aliphatic carbocycles. The summed E-state index contributed by atoms with van der Waals surface area (Å²) in [6, 6.07) is 35.8. The Morgan fingerprint density at radius 3 is 1.74 bits per heavy atom. The number of carbonyl (C=O) groups is 1. The normalized spacial score (nSPS) is 11.4. The predicted octanol–water partition coefficient (Wildman–Crippen LogP) is 5.28. The number of aromatic amines is 1. The summed E-state index contributed by atoms with van der Waals surface area (Å²) >= 11 is 0. The van der Waals surface area contributed by atoms with Crippen molar-refractivity contribution in [3.05, 3.63) is 138 Å². The van der Waals surface area contributed by atoms with Gasteiger partial charge < -0.3 is 5.32 Å². The van der Waals surface area contributed by atoms with Gasteiger partial charge in [-0.25, -0.2) is 0 Å². The maximum atomic E-state index is 13.6. The molecule has 0 spiro atoms. The maximum absolute atomic E-state index is 13.6. The Labute approximate surface area is 180 Å². The number of rotatable bonds is 5. The van der Waals surface area contributed by atoms with Crippen LogP contribution in [0.25, 0.3) is 10.9 Å². The zero-order valence-electron chi connectivity index (χ0n) is 16.8. The van der Waals surface area contributed by atoms with Gasteiger partial charge in [0.05, 0.1) is 11.7 Å². The van der Waals surface area contributed by atoms with Gasteiger partial charge in [-0.15, -0.1) is 0 Å². The number of fused-ring (bicyclic) bond motifs is 1. The fourth-order valence-electron chi connectivity index (χ4n) is 4.11. The van der Waals surface area contributed by atoms with Crippen LogP contribution in [0.5, 0.6) is 0 Å². The molecule has 1 aromatic heterocycles. The Kier molecular flexibility index (Phi) is 4.81. The van der Waals surface area contributed by atoms with Gasteiger partial charge >= 0.3 is 0 Å². The van der Waals surface area contributed by atoms with Crippen LogP contribution in [0, 0.1) is 0 Å². The van der Waals surface area contributed by atoms with Gasteiger partial charge in [-0.1, -0.05) is 91.0 Å². The minimum Gasteiger partial charge on any atom is -0.334 e. The summed E-state index contributed by atoms with van der Waals surface area (Å²) in [5.41, 5.74) is 3.62. The van der Waals surface area contributed by atoms with Crippen molar-refractivity contribution in [1.82, 2.24) is 15.5 Å². The molecule has 4 nitrogen and oxygen atoms in total. The van der Waals surface area contributed by atoms with Crippen molar-refractivity contribution < 1.29 is 4.79 Å². The third-order valence-corrected chi connectivity index (χ3v) is 5.62. The maximum Gasteiger partial charge on any atom is 0.252 e. The van der Waals surface area contributed by atoms with Crippen molar-refractivity contribution in [2.24, 2.45) is 0 Å². The average molecular weight is 403 g/mol. The van der Waals surface area contributed by atoms with Gasteiger partial charge in [-0.2, -0.15) is 5.10 Å². The Balaban J connectivity index is 1.70. The van der Waals surface area contributed by atoms with Crippen molar-refractivity contribution in [2.75, 3.05) is 0 Å². The summed E-state index contributed by atoms with van der Waals surface area (Å²) in [6.07, 6.45) is 1.73. The lowest BCUT2D eigenvalue weighted by molar-refractivity contribution is 0.0925. The second-order valence-electron chi connectivity index (χ2n) is 7.47. The van der Waals surface area contributed by atoms with Crippen molar-refractivity contribution in [2.45, 2.75) is 5.54 Å². The predicted molar refractivity (Wildman–Crippen MR) is 123 cm³/mol. The highest BCUT2D eigenvalue weighted by Crippen LogP contribution is 2.37. The largest absolute Gasteiger partial charge is 0.334 e. The molecule has 0 saturated carbocycles. The van der Waals surface area contributed by atoms with E-state index in [-0.39, 0.29) is 5.91 Å². The van der Waals surface area contributed by atoms with Crippen LogP contribution in [0.4, 0.5) is 0 Å². The SMILES string of the molecule is O=C(NC(c1ccccc1)(c1ccccc1)c1ccccc1)c1ccc2[nH]ncc2c1. The molecule has 0 unspecified atom stereocenters. The summed E-state index contributed by atoms with van der Waals surface area (Å²) in [5, 5.41) is 11.3. The number of aromatic nitrogens is 2. The zero-order valence-corrected chi connectivity index (χ0v) is 16.8. The van der Waals surface area contributed by atoms with E-state index in [1.165, 1.54) is 0 Å². The second-order valence-corrected chi connectivity index (χ2v) is 7.47. The first-order valence-electron chi connectivity index (χ1n) is 10.2. The first-order valence-corrected chi connectivity index (χ1v) is 10.2. The summed E-state index contributed by atoms with van der Waals surface area (Å²) in [7, 11) is 0. The van der Waals surface area contributed by atoms with Gasteiger partial charge in [0.15, 0.2) is 0 Å². The van der Waals surface area contributed by atoms with Gasteiger partial charge in [0.1, 0.15) is 5.54 Å². The first-order chi connectivity index (χ1) is 15.3. The van der Waals surface area contributed by atoms with Crippen LogP contribution in [0.3, 0.4) is 0 Å². The van der Waals surface area contributed by atoms with Gasteiger partial charge in [-0.3, -0.25) is 9.89 Å². The molecule has 1 heterocycles. The van der Waals surface area contributed by atoms with E-state index in [2.05, 4.69) is 51.9 Å². The van der Waals surface area contributed by atoms with E-state index in [0.717, 1.165) is 27.6 Å². The molecule has 0 atom stereocenters. The van der Waals surface area contributed by atoms with Gasteiger partial charge in [0.25, 0.3) is 5.91 Å². The molecular formula is C27H21N3O. The third kappa shape index (κ3) is 3.38. The van der Waals surface area contributed by atoms with Gasteiger partial charge in [0, 0.05) is 10.9 Å². The highest BCUT2D eigenvalue weighted by molar-refractivity contribution is 5.98. The lowest BCUT2D eigenvalue weighted by Crippen LogP contribution is -2.47. The number of hydrogen-bond donors (Lipinski definition) is 2. The van der Waals surface area contributed by atoms with Crippen molar-refractivity contribution in [1.29, 1.82) is 0 Å². The summed E-state index contributed by atoms with van der Waals surface area (Å²) in [5.74, 6) is -0.153. The lowest BCUT2D eigenvalue weighted by atomic mass is 9.77. The van der Waals surface area contributed by atoms with E-state index in [1.807, 2.05) is 72.8 Å². The molecule has 0 aliphatic heterocycles. The molecule has 0 bridgehead atoms. The van der Waals surface area contributed by atoms with Crippen LogP contribution in [-0.2, 0) is 5.54 Å². The van der Waals surface area contributed by atoms with E-state index in [1.54, 1.807) is 6.20 Å². The molecule has 0 fully saturated rings. The molecule has 5 aromatic rings. The van der Waals surface area contributed by atoms with Crippen molar-refractivity contribution >= 4 is 16.8 Å². The third-order valence-electron chi connectivity index (χ3n) is 5.62. The number of hydrogen-bond acceptors (Lipinski definition) is 2. The Morgan fingerprint density at radius 1 is 0.710 bits per heavy atom. The fraction of sp³-hybridized carbons (Fsp3) is 0.0370. The number of amides is 1. The molecule has 1 amide bonds. The van der Waals surface area contributed by atoms with Crippen LogP contribution >= 0.6 is 0 Å². The summed E-state index contributed by atoms with van der Waals surface area (Å²) < 4.78 is 0. The molecule has 0 radical (unpaired) electrons.